The van der Waals surface area contributed by atoms with Crippen LogP contribution in [0.1, 0.15) is 9.67 Å². The van der Waals surface area contributed by atoms with Crippen LogP contribution in [0, 0.1) is 0 Å². The number of nitrogens with one attached hydrogen (secondary N) is 2. The van der Waals surface area contributed by atoms with Crippen molar-refractivity contribution in [2.24, 2.45) is 0 Å². The standard InChI is InChI=1S/C23H15ClN6O2S/c24-23-28-11-14(12-2-1-7-25-10-12)22(30-23)32-17-6-3-13-15(29-17)4-5-16-18(13)19-20(33-16)21(31)27-9-8-26-19/h1-7,10-11,26H,8-9H2,(H,27,31). The molecule has 0 aliphatic carbocycles. The molecule has 1 amide bonds. The van der Waals surface area contributed by atoms with Gasteiger partial charge in [-0.05, 0) is 35.9 Å². The molecule has 33 heavy (non-hydrogen) atoms. The van der Waals surface area contributed by atoms with E-state index in [2.05, 4.69) is 25.6 Å². The van der Waals surface area contributed by atoms with Gasteiger partial charge in [-0.15, -0.1) is 11.3 Å². The molecule has 6 rings (SSSR count). The highest BCUT2D eigenvalue weighted by molar-refractivity contribution is 7.21. The number of fused-ring (bicyclic) bond motifs is 5. The van der Waals surface area contributed by atoms with Gasteiger partial charge in [0.2, 0.25) is 17.0 Å². The minimum Gasteiger partial charge on any atom is -0.420 e. The molecule has 5 aromatic rings. The molecule has 1 aromatic carbocycles. The Morgan fingerprint density at radius 2 is 1.94 bits per heavy atom. The number of pyridine rings is 2. The molecule has 10 heteroatoms. The summed E-state index contributed by atoms with van der Waals surface area (Å²) in [7, 11) is 0. The Balaban J connectivity index is 1.44. The summed E-state index contributed by atoms with van der Waals surface area (Å²) in [5.74, 6) is 0.605. The molecule has 0 saturated carbocycles. The fourth-order valence-electron chi connectivity index (χ4n) is 3.85. The lowest BCUT2D eigenvalue weighted by Gasteiger charge is -2.10. The Morgan fingerprint density at radius 1 is 1.03 bits per heavy atom. The lowest BCUT2D eigenvalue weighted by atomic mass is 10.1. The molecule has 5 heterocycles. The van der Waals surface area contributed by atoms with E-state index in [1.807, 2.05) is 30.3 Å². The molecule has 0 radical (unpaired) electrons. The summed E-state index contributed by atoms with van der Waals surface area (Å²) in [5.41, 5.74) is 3.06. The number of hydrogen-bond donors (Lipinski definition) is 2. The number of benzene rings is 1. The van der Waals surface area contributed by atoms with Crippen molar-refractivity contribution < 1.29 is 9.53 Å². The summed E-state index contributed by atoms with van der Waals surface area (Å²) in [6, 6.07) is 11.3. The van der Waals surface area contributed by atoms with Gasteiger partial charge in [-0.25, -0.2) is 9.97 Å². The maximum absolute atomic E-state index is 12.4. The lowest BCUT2D eigenvalue weighted by molar-refractivity contribution is 0.0962. The van der Waals surface area contributed by atoms with Crippen LogP contribution in [0.3, 0.4) is 0 Å². The predicted octanol–water partition coefficient (Wildman–Crippen LogP) is 4.90. The van der Waals surface area contributed by atoms with Gasteiger partial charge in [-0.2, -0.15) is 4.98 Å². The second kappa shape index (κ2) is 7.95. The van der Waals surface area contributed by atoms with Crippen molar-refractivity contribution in [1.82, 2.24) is 25.3 Å². The number of hydrogen-bond acceptors (Lipinski definition) is 8. The van der Waals surface area contributed by atoms with Gasteiger partial charge in [-0.1, -0.05) is 6.07 Å². The van der Waals surface area contributed by atoms with Crippen molar-refractivity contribution in [1.29, 1.82) is 0 Å². The molecule has 0 spiro atoms. The first kappa shape index (κ1) is 19.8. The molecule has 2 N–H and O–H groups in total. The van der Waals surface area contributed by atoms with E-state index in [0.717, 1.165) is 32.2 Å². The Bertz CT molecular complexity index is 1540. The topological polar surface area (TPSA) is 102 Å². The molecule has 0 bridgehead atoms. The van der Waals surface area contributed by atoms with Gasteiger partial charge in [0.15, 0.2) is 0 Å². The van der Waals surface area contributed by atoms with Gasteiger partial charge < -0.3 is 15.4 Å². The van der Waals surface area contributed by atoms with Gasteiger partial charge in [0.1, 0.15) is 4.88 Å². The van der Waals surface area contributed by atoms with Crippen LogP contribution in [-0.2, 0) is 0 Å². The number of carbonyl (C=O) groups is 1. The predicted molar refractivity (Wildman–Crippen MR) is 128 cm³/mol. The van der Waals surface area contributed by atoms with Crippen molar-refractivity contribution in [3.63, 3.8) is 0 Å². The third-order valence-corrected chi connectivity index (χ3v) is 6.65. The molecule has 0 atom stereocenters. The highest BCUT2D eigenvalue weighted by Gasteiger charge is 2.22. The van der Waals surface area contributed by atoms with E-state index in [-0.39, 0.29) is 11.2 Å². The molecule has 0 unspecified atom stereocenters. The van der Waals surface area contributed by atoms with E-state index in [1.165, 1.54) is 11.3 Å². The van der Waals surface area contributed by atoms with Crippen molar-refractivity contribution in [3.8, 4) is 22.9 Å². The van der Waals surface area contributed by atoms with Gasteiger partial charge in [-0.3, -0.25) is 9.78 Å². The third-order valence-electron chi connectivity index (χ3n) is 5.31. The molecular formula is C23H15ClN6O2S. The minimum absolute atomic E-state index is 0.0548. The summed E-state index contributed by atoms with van der Waals surface area (Å²) < 4.78 is 7.07. The summed E-state index contributed by atoms with van der Waals surface area (Å²) in [5, 5.41) is 8.31. The van der Waals surface area contributed by atoms with E-state index in [1.54, 1.807) is 24.7 Å². The molecule has 8 nitrogen and oxygen atoms in total. The Labute approximate surface area is 196 Å². The van der Waals surface area contributed by atoms with Gasteiger partial charge in [0, 0.05) is 58.8 Å². The van der Waals surface area contributed by atoms with E-state index in [9.17, 15) is 4.79 Å². The van der Waals surface area contributed by atoms with Crippen molar-refractivity contribution in [2.45, 2.75) is 0 Å². The maximum Gasteiger partial charge on any atom is 0.263 e. The van der Waals surface area contributed by atoms with Crippen LogP contribution in [0.2, 0.25) is 5.28 Å². The van der Waals surface area contributed by atoms with E-state index in [0.29, 0.717) is 35.3 Å². The van der Waals surface area contributed by atoms with Crippen LogP contribution >= 0.6 is 22.9 Å². The van der Waals surface area contributed by atoms with Gasteiger partial charge >= 0.3 is 0 Å². The highest BCUT2D eigenvalue weighted by Crippen LogP contribution is 2.41. The highest BCUT2D eigenvalue weighted by atomic mass is 35.5. The van der Waals surface area contributed by atoms with Crippen LogP contribution in [0.15, 0.2) is 55.0 Å². The number of anilines is 1. The molecule has 4 aromatic heterocycles. The Kier molecular flexibility index (Phi) is 4.78. The largest absolute Gasteiger partial charge is 0.420 e. The van der Waals surface area contributed by atoms with Gasteiger partial charge in [0.05, 0.1) is 16.8 Å². The second-order valence-corrected chi connectivity index (χ2v) is 8.74. The summed E-state index contributed by atoms with van der Waals surface area (Å²) in [6.45, 7) is 1.25. The first-order valence-corrected chi connectivity index (χ1v) is 11.4. The first-order valence-electron chi connectivity index (χ1n) is 10.2. The quantitative estimate of drug-likeness (QED) is 0.358. The SMILES string of the molecule is O=C1NCCNc2c1sc1ccc3nc(Oc4nc(Cl)ncc4-c4cccnc4)ccc3c21. The van der Waals surface area contributed by atoms with Crippen LogP contribution in [0.4, 0.5) is 5.69 Å². The summed E-state index contributed by atoms with van der Waals surface area (Å²) in [6.07, 6.45) is 5.00. The van der Waals surface area contributed by atoms with Crippen LogP contribution in [-0.4, -0.2) is 38.9 Å². The molecule has 0 fully saturated rings. The number of aromatic nitrogens is 4. The van der Waals surface area contributed by atoms with Crippen LogP contribution < -0.4 is 15.4 Å². The normalized spacial score (nSPS) is 13.3. The lowest BCUT2D eigenvalue weighted by Crippen LogP contribution is -2.24. The van der Waals surface area contributed by atoms with E-state index >= 15 is 0 Å². The summed E-state index contributed by atoms with van der Waals surface area (Å²) in [4.78, 5) is 30.3. The number of rotatable bonds is 3. The number of ether oxygens (including phenoxy) is 1. The fourth-order valence-corrected chi connectivity index (χ4v) is 5.09. The first-order chi connectivity index (χ1) is 16.2. The Morgan fingerprint density at radius 3 is 2.82 bits per heavy atom. The smallest absolute Gasteiger partial charge is 0.263 e. The number of halogens is 1. The second-order valence-electron chi connectivity index (χ2n) is 7.35. The molecule has 1 aliphatic heterocycles. The Hall–Kier alpha value is -3.82. The zero-order valence-electron chi connectivity index (χ0n) is 17.0. The average Bonchev–Trinajstić information content (AvgIpc) is 3.12. The van der Waals surface area contributed by atoms with E-state index < -0.39 is 0 Å². The van der Waals surface area contributed by atoms with Crippen molar-refractivity contribution in [2.75, 3.05) is 18.4 Å². The molecule has 0 saturated heterocycles. The number of amides is 1. The van der Waals surface area contributed by atoms with Crippen molar-refractivity contribution >= 4 is 55.5 Å². The number of thiophene rings is 1. The molecular weight excluding hydrogens is 460 g/mol. The molecule has 162 valence electrons. The maximum atomic E-state index is 12.4. The van der Waals surface area contributed by atoms with Gasteiger partial charge in [0.25, 0.3) is 5.91 Å². The van der Waals surface area contributed by atoms with Crippen LogP contribution in [0.25, 0.3) is 32.1 Å². The summed E-state index contributed by atoms with van der Waals surface area (Å²) >= 11 is 7.51. The zero-order chi connectivity index (χ0) is 22.4. The van der Waals surface area contributed by atoms with E-state index in [4.69, 9.17) is 21.3 Å². The fraction of sp³-hybridized carbons (Fsp3) is 0.0870. The number of carbonyl (C=O) groups excluding carboxylic acids is 1. The average molecular weight is 475 g/mol. The minimum atomic E-state index is -0.0548. The zero-order valence-corrected chi connectivity index (χ0v) is 18.6. The third kappa shape index (κ3) is 3.51. The van der Waals surface area contributed by atoms with Crippen LogP contribution in [0.5, 0.6) is 11.8 Å². The monoisotopic (exact) mass is 474 g/mol. The molecule has 1 aliphatic rings. The van der Waals surface area contributed by atoms with Crippen molar-refractivity contribution in [3.05, 3.63) is 65.1 Å². The number of nitrogens with zero attached hydrogens (tertiary/aromatic N) is 4.